The lowest BCUT2D eigenvalue weighted by molar-refractivity contribution is -0.130. The van der Waals surface area contributed by atoms with Gasteiger partial charge in [0.05, 0.1) is 18.4 Å². The number of carbonyl (C=O) groups is 1. The zero-order chi connectivity index (χ0) is 19.1. The number of amides is 1. The van der Waals surface area contributed by atoms with Gasteiger partial charge in [0.15, 0.2) is 11.0 Å². The van der Waals surface area contributed by atoms with Crippen LogP contribution in [-0.2, 0) is 16.1 Å². The van der Waals surface area contributed by atoms with Crippen molar-refractivity contribution in [2.24, 2.45) is 0 Å². The topological polar surface area (TPSA) is 73.1 Å². The number of nitrogens with zero attached hydrogens (tertiary/aromatic N) is 5. The summed E-state index contributed by atoms with van der Waals surface area (Å²) in [6.07, 6.45) is 8.10. The molecule has 0 spiro atoms. The van der Waals surface area contributed by atoms with Gasteiger partial charge in [0.25, 0.3) is 0 Å². The van der Waals surface area contributed by atoms with Crippen LogP contribution in [0.2, 0.25) is 0 Å². The molecule has 0 aliphatic carbocycles. The molecule has 0 aromatic carbocycles. The van der Waals surface area contributed by atoms with E-state index in [1.807, 2.05) is 28.5 Å². The van der Waals surface area contributed by atoms with Crippen LogP contribution in [0, 0.1) is 0 Å². The van der Waals surface area contributed by atoms with Gasteiger partial charge in [0.2, 0.25) is 5.91 Å². The van der Waals surface area contributed by atoms with Gasteiger partial charge < -0.3 is 9.64 Å². The standard InChI is InChI=1S/C19H27N5O2S/c1-15(18(25)23-11-5-3-4-6-12-23)27-19-22-21-17(24(19)13-14-26-2)16-7-9-20-10-8-16/h7-10,15H,3-6,11-14H2,1-2H3. The summed E-state index contributed by atoms with van der Waals surface area (Å²) < 4.78 is 7.27. The quantitative estimate of drug-likeness (QED) is 0.678. The second-order valence-electron chi connectivity index (χ2n) is 6.69. The summed E-state index contributed by atoms with van der Waals surface area (Å²) in [7, 11) is 1.68. The van der Waals surface area contributed by atoms with E-state index < -0.39 is 0 Å². The first-order valence-corrected chi connectivity index (χ1v) is 10.4. The molecule has 3 heterocycles. The number of thioether (sulfide) groups is 1. The van der Waals surface area contributed by atoms with Crippen LogP contribution >= 0.6 is 11.8 Å². The van der Waals surface area contributed by atoms with Gasteiger partial charge in [-0.2, -0.15) is 0 Å². The van der Waals surface area contributed by atoms with E-state index in [4.69, 9.17) is 4.74 Å². The van der Waals surface area contributed by atoms with Gasteiger partial charge >= 0.3 is 0 Å². The highest BCUT2D eigenvalue weighted by atomic mass is 32.2. The molecule has 1 fully saturated rings. The number of methoxy groups -OCH3 is 1. The molecule has 1 saturated heterocycles. The zero-order valence-corrected chi connectivity index (χ0v) is 16.8. The first-order valence-electron chi connectivity index (χ1n) is 9.48. The Morgan fingerprint density at radius 3 is 2.56 bits per heavy atom. The molecule has 7 nitrogen and oxygen atoms in total. The summed E-state index contributed by atoms with van der Waals surface area (Å²) in [6.45, 7) is 4.87. The van der Waals surface area contributed by atoms with Crippen molar-refractivity contribution in [3.05, 3.63) is 24.5 Å². The van der Waals surface area contributed by atoms with Crippen molar-refractivity contribution in [2.75, 3.05) is 26.8 Å². The Kier molecular flexibility index (Phi) is 7.23. The number of rotatable bonds is 7. The van der Waals surface area contributed by atoms with E-state index in [0.717, 1.165) is 42.5 Å². The third kappa shape index (κ3) is 5.07. The van der Waals surface area contributed by atoms with Crippen molar-refractivity contribution in [3.8, 4) is 11.4 Å². The molecule has 1 aliphatic rings. The lowest BCUT2D eigenvalue weighted by atomic mass is 10.2. The van der Waals surface area contributed by atoms with E-state index in [1.165, 1.54) is 24.6 Å². The van der Waals surface area contributed by atoms with Crippen LogP contribution in [0.1, 0.15) is 32.6 Å². The fourth-order valence-electron chi connectivity index (χ4n) is 3.23. The summed E-state index contributed by atoms with van der Waals surface area (Å²) in [6, 6.07) is 3.82. The number of likely N-dealkylation sites (tertiary alicyclic amines) is 1. The van der Waals surface area contributed by atoms with Gasteiger partial charge in [0.1, 0.15) is 0 Å². The maximum atomic E-state index is 12.9. The third-order valence-corrected chi connectivity index (χ3v) is 5.79. The molecule has 1 amide bonds. The Bertz CT molecular complexity index is 729. The Hall–Kier alpha value is -1.93. The third-order valence-electron chi connectivity index (χ3n) is 4.72. The molecule has 0 saturated carbocycles. The number of carbonyl (C=O) groups excluding carboxylic acids is 1. The van der Waals surface area contributed by atoms with Crippen molar-refractivity contribution in [2.45, 2.75) is 49.6 Å². The minimum absolute atomic E-state index is 0.189. The van der Waals surface area contributed by atoms with Crippen LogP contribution in [0.15, 0.2) is 29.7 Å². The molecule has 27 heavy (non-hydrogen) atoms. The van der Waals surface area contributed by atoms with Crippen molar-refractivity contribution < 1.29 is 9.53 Å². The Labute approximate surface area is 164 Å². The first-order chi connectivity index (χ1) is 13.2. The first kappa shape index (κ1) is 19.8. The van der Waals surface area contributed by atoms with Crippen LogP contribution in [0.3, 0.4) is 0 Å². The number of hydrogen-bond donors (Lipinski definition) is 0. The molecule has 1 atom stereocenters. The summed E-state index contributed by atoms with van der Waals surface area (Å²) in [5, 5.41) is 9.27. The van der Waals surface area contributed by atoms with Crippen LogP contribution < -0.4 is 0 Å². The van der Waals surface area contributed by atoms with Gasteiger partial charge in [-0.05, 0) is 31.9 Å². The smallest absolute Gasteiger partial charge is 0.235 e. The predicted molar refractivity (Wildman–Crippen MR) is 105 cm³/mol. The fourth-order valence-corrected chi connectivity index (χ4v) is 4.19. The highest BCUT2D eigenvalue weighted by Gasteiger charge is 2.25. The SMILES string of the molecule is COCCn1c(SC(C)C(=O)N2CCCCCC2)nnc1-c1ccncc1. The molecular weight excluding hydrogens is 362 g/mol. The molecule has 2 aromatic rings. The second kappa shape index (κ2) is 9.85. The zero-order valence-electron chi connectivity index (χ0n) is 16.0. The molecule has 2 aromatic heterocycles. The normalized spacial score (nSPS) is 16.1. The number of pyridine rings is 1. The average molecular weight is 390 g/mol. The minimum Gasteiger partial charge on any atom is -0.383 e. The summed E-state index contributed by atoms with van der Waals surface area (Å²) in [4.78, 5) is 18.9. The van der Waals surface area contributed by atoms with Gasteiger partial charge in [-0.25, -0.2) is 0 Å². The van der Waals surface area contributed by atoms with Crippen LogP contribution in [0.4, 0.5) is 0 Å². The molecule has 3 rings (SSSR count). The van der Waals surface area contributed by atoms with Gasteiger partial charge in [-0.3, -0.25) is 14.3 Å². The number of ether oxygens (including phenoxy) is 1. The Balaban J connectivity index is 1.77. The number of hydrogen-bond acceptors (Lipinski definition) is 6. The molecule has 146 valence electrons. The molecule has 8 heteroatoms. The maximum absolute atomic E-state index is 12.9. The Morgan fingerprint density at radius 1 is 1.19 bits per heavy atom. The fraction of sp³-hybridized carbons (Fsp3) is 0.579. The van der Waals surface area contributed by atoms with E-state index in [9.17, 15) is 4.79 Å². The van der Waals surface area contributed by atoms with E-state index in [1.54, 1.807) is 19.5 Å². The van der Waals surface area contributed by atoms with Gasteiger partial charge in [-0.1, -0.05) is 24.6 Å². The molecule has 1 unspecified atom stereocenters. The molecule has 0 radical (unpaired) electrons. The molecular formula is C19H27N5O2S. The van der Waals surface area contributed by atoms with E-state index >= 15 is 0 Å². The summed E-state index contributed by atoms with van der Waals surface area (Å²) in [5.74, 6) is 0.958. The van der Waals surface area contributed by atoms with Gasteiger partial charge in [0, 0.05) is 38.2 Å². The van der Waals surface area contributed by atoms with Gasteiger partial charge in [-0.15, -0.1) is 10.2 Å². The molecule has 1 aliphatic heterocycles. The average Bonchev–Trinajstić information content (AvgIpc) is 2.90. The Morgan fingerprint density at radius 2 is 1.89 bits per heavy atom. The summed E-state index contributed by atoms with van der Waals surface area (Å²) in [5.41, 5.74) is 0.951. The van der Waals surface area contributed by atoms with Crippen LogP contribution in [0.25, 0.3) is 11.4 Å². The lowest BCUT2D eigenvalue weighted by Gasteiger charge is -2.23. The van der Waals surface area contributed by atoms with E-state index in [-0.39, 0.29) is 11.2 Å². The highest BCUT2D eigenvalue weighted by molar-refractivity contribution is 8.00. The van der Waals surface area contributed by atoms with Crippen LogP contribution in [-0.4, -0.2) is 62.6 Å². The largest absolute Gasteiger partial charge is 0.383 e. The molecule has 0 N–H and O–H groups in total. The predicted octanol–water partition coefficient (Wildman–Crippen LogP) is 2.87. The monoisotopic (exact) mass is 389 g/mol. The second-order valence-corrected chi connectivity index (χ2v) is 7.99. The van der Waals surface area contributed by atoms with E-state index in [0.29, 0.717) is 13.2 Å². The van der Waals surface area contributed by atoms with Crippen LogP contribution in [0.5, 0.6) is 0 Å². The number of aromatic nitrogens is 4. The lowest BCUT2D eigenvalue weighted by Crippen LogP contribution is -2.37. The van der Waals surface area contributed by atoms with Crippen molar-refractivity contribution in [3.63, 3.8) is 0 Å². The van der Waals surface area contributed by atoms with Crippen molar-refractivity contribution in [1.29, 1.82) is 0 Å². The van der Waals surface area contributed by atoms with Crippen molar-refractivity contribution in [1.82, 2.24) is 24.6 Å². The van der Waals surface area contributed by atoms with Crippen molar-refractivity contribution >= 4 is 17.7 Å². The maximum Gasteiger partial charge on any atom is 0.235 e. The minimum atomic E-state index is -0.195. The summed E-state index contributed by atoms with van der Waals surface area (Å²) >= 11 is 1.47. The highest BCUT2D eigenvalue weighted by Crippen LogP contribution is 2.28. The molecule has 0 bridgehead atoms. The van der Waals surface area contributed by atoms with E-state index in [2.05, 4.69) is 15.2 Å².